The van der Waals surface area contributed by atoms with Crippen molar-refractivity contribution in [1.29, 1.82) is 0 Å². The van der Waals surface area contributed by atoms with E-state index in [2.05, 4.69) is 21.2 Å². The molecule has 2 N–H and O–H groups in total. The minimum absolute atomic E-state index is 0.0313. The number of hydrogen-bond acceptors (Lipinski definition) is 2. The smallest absolute Gasteiger partial charge is 0.337 e. The van der Waals surface area contributed by atoms with Gasteiger partial charge in [0, 0.05) is 10.2 Å². The number of para-hydroxylation sites is 1. The van der Waals surface area contributed by atoms with Crippen LogP contribution in [0.25, 0.3) is 0 Å². The molecule has 0 saturated carbocycles. The molecule has 0 fully saturated rings. The first-order valence-electron chi connectivity index (χ1n) is 5.54. The molecule has 0 amide bonds. The lowest BCUT2D eigenvalue weighted by Gasteiger charge is -2.13. The van der Waals surface area contributed by atoms with Crippen molar-refractivity contribution < 1.29 is 14.3 Å². The molecule has 19 heavy (non-hydrogen) atoms. The molecule has 0 spiro atoms. The van der Waals surface area contributed by atoms with E-state index >= 15 is 0 Å². The summed E-state index contributed by atoms with van der Waals surface area (Å²) in [4.78, 5) is 11.1. The predicted molar refractivity (Wildman–Crippen MR) is 75.5 cm³/mol. The Morgan fingerprint density at radius 2 is 1.95 bits per heavy atom. The van der Waals surface area contributed by atoms with Crippen LogP contribution in [0.2, 0.25) is 0 Å². The fourth-order valence-corrected chi connectivity index (χ4v) is 2.07. The normalized spacial score (nSPS) is 10.3. The van der Waals surface area contributed by atoms with Gasteiger partial charge in [0.25, 0.3) is 0 Å². The van der Waals surface area contributed by atoms with E-state index in [4.69, 9.17) is 5.11 Å². The maximum atomic E-state index is 13.8. The Kier molecular flexibility index (Phi) is 3.85. The lowest BCUT2D eigenvalue weighted by Crippen LogP contribution is -2.05. The van der Waals surface area contributed by atoms with Crippen molar-refractivity contribution in [3.63, 3.8) is 0 Å². The molecule has 0 atom stereocenters. The topological polar surface area (TPSA) is 49.3 Å². The van der Waals surface area contributed by atoms with Crippen LogP contribution in [0.5, 0.6) is 0 Å². The van der Waals surface area contributed by atoms with Gasteiger partial charge in [0.05, 0.1) is 11.3 Å². The van der Waals surface area contributed by atoms with Crippen LogP contribution in [-0.2, 0) is 0 Å². The zero-order valence-electron chi connectivity index (χ0n) is 10.1. The van der Waals surface area contributed by atoms with E-state index < -0.39 is 11.8 Å². The summed E-state index contributed by atoms with van der Waals surface area (Å²) in [6.07, 6.45) is 0. The average molecular weight is 324 g/mol. The van der Waals surface area contributed by atoms with Gasteiger partial charge in [-0.15, -0.1) is 0 Å². The highest BCUT2D eigenvalue weighted by Gasteiger charge is 2.15. The number of rotatable bonds is 3. The molecule has 3 nitrogen and oxygen atoms in total. The number of carboxylic acid groups (broad SMARTS) is 1. The van der Waals surface area contributed by atoms with Crippen molar-refractivity contribution in [2.45, 2.75) is 6.92 Å². The number of benzene rings is 2. The summed E-state index contributed by atoms with van der Waals surface area (Å²) in [5, 5.41) is 11.9. The van der Waals surface area contributed by atoms with Crippen molar-refractivity contribution in [2.75, 3.05) is 5.32 Å². The van der Waals surface area contributed by atoms with E-state index in [1.54, 1.807) is 12.1 Å². The van der Waals surface area contributed by atoms with Crippen LogP contribution in [0.15, 0.2) is 40.9 Å². The second-order valence-electron chi connectivity index (χ2n) is 4.00. The Hall–Kier alpha value is -1.88. The number of halogens is 2. The molecule has 0 unspecified atom stereocenters. The van der Waals surface area contributed by atoms with Gasteiger partial charge < -0.3 is 10.4 Å². The average Bonchev–Trinajstić information content (AvgIpc) is 2.36. The molecule has 0 radical (unpaired) electrons. The predicted octanol–water partition coefficient (Wildman–Crippen LogP) is 4.34. The molecule has 0 bridgehead atoms. The minimum atomic E-state index is -1.17. The van der Waals surface area contributed by atoms with Crippen molar-refractivity contribution >= 4 is 33.3 Å². The summed E-state index contributed by atoms with van der Waals surface area (Å²) in [6, 6.07) is 9.37. The Morgan fingerprint density at radius 3 is 2.63 bits per heavy atom. The number of aromatic carboxylic acids is 1. The van der Waals surface area contributed by atoms with Gasteiger partial charge in [0.1, 0.15) is 5.82 Å². The maximum absolute atomic E-state index is 13.8. The quantitative estimate of drug-likeness (QED) is 0.883. The van der Waals surface area contributed by atoms with Crippen LogP contribution in [0, 0.1) is 12.7 Å². The molecule has 0 heterocycles. The lowest BCUT2D eigenvalue weighted by molar-refractivity contribution is 0.0697. The third kappa shape index (κ3) is 2.76. The van der Waals surface area contributed by atoms with E-state index in [9.17, 15) is 9.18 Å². The molecule has 0 aliphatic rings. The summed E-state index contributed by atoms with van der Waals surface area (Å²) in [5.41, 5.74) is 1.40. The molecule has 0 aliphatic carbocycles. The molecule has 0 aliphatic heterocycles. The minimum Gasteiger partial charge on any atom is -0.478 e. The van der Waals surface area contributed by atoms with E-state index in [0.29, 0.717) is 5.69 Å². The van der Waals surface area contributed by atoms with Crippen LogP contribution >= 0.6 is 15.9 Å². The van der Waals surface area contributed by atoms with Crippen LogP contribution in [0.1, 0.15) is 15.9 Å². The van der Waals surface area contributed by atoms with Gasteiger partial charge >= 0.3 is 5.97 Å². The second-order valence-corrected chi connectivity index (χ2v) is 4.86. The zero-order valence-corrected chi connectivity index (χ0v) is 11.7. The first kappa shape index (κ1) is 13.5. The van der Waals surface area contributed by atoms with Gasteiger partial charge in [0.15, 0.2) is 0 Å². The zero-order chi connectivity index (χ0) is 14.0. The van der Waals surface area contributed by atoms with Crippen LogP contribution in [0.4, 0.5) is 15.8 Å². The number of nitrogens with one attached hydrogen (secondary N) is 1. The van der Waals surface area contributed by atoms with Crippen molar-refractivity contribution in [1.82, 2.24) is 0 Å². The third-order valence-electron chi connectivity index (χ3n) is 2.77. The molecule has 98 valence electrons. The first-order chi connectivity index (χ1) is 9.00. The Morgan fingerprint density at radius 1 is 1.26 bits per heavy atom. The summed E-state index contributed by atoms with van der Waals surface area (Å²) in [5.74, 6) is -1.77. The van der Waals surface area contributed by atoms with Crippen molar-refractivity contribution in [3.05, 3.63) is 57.8 Å². The molecular weight excluding hydrogens is 313 g/mol. The number of carbonyl (C=O) groups is 1. The van der Waals surface area contributed by atoms with Crippen LogP contribution in [0.3, 0.4) is 0 Å². The van der Waals surface area contributed by atoms with Gasteiger partial charge in [-0.3, -0.25) is 0 Å². The highest BCUT2D eigenvalue weighted by atomic mass is 79.9. The van der Waals surface area contributed by atoms with Gasteiger partial charge in [-0.2, -0.15) is 0 Å². The molecule has 5 heteroatoms. The molecule has 2 rings (SSSR count). The first-order valence-corrected chi connectivity index (χ1v) is 6.34. The summed E-state index contributed by atoms with van der Waals surface area (Å²) in [6.45, 7) is 1.85. The molecular formula is C14H11BrFNO2. The number of carboxylic acids is 1. The Bertz CT molecular complexity index is 643. The van der Waals surface area contributed by atoms with Crippen molar-refractivity contribution in [2.24, 2.45) is 0 Å². The van der Waals surface area contributed by atoms with Crippen LogP contribution in [-0.4, -0.2) is 11.1 Å². The van der Waals surface area contributed by atoms with Gasteiger partial charge in [0.2, 0.25) is 0 Å². The van der Waals surface area contributed by atoms with Crippen molar-refractivity contribution in [3.8, 4) is 0 Å². The standard InChI is InChI=1S/C14H11BrFNO2/c1-8-10(15)5-3-7-12(8)17-13-9(14(18)19)4-2-6-11(13)16/h2-7,17H,1H3,(H,18,19). The lowest BCUT2D eigenvalue weighted by atomic mass is 10.1. The highest BCUT2D eigenvalue weighted by molar-refractivity contribution is 9.10. The summed E-state index contributed by atoms with van der Waals surface area (Å²) >= 11 is 3.38. The maximum Gasteiger partial charge on any atom is 0.337 e. The molecule has 0 saturated heterocycles. The van der Waals surface area contributed by atoms with E-state index in [0.717, 1.165) is 10.0 Å². The Labute approximate surface area is 118 Å². The fraction of sp³-hybridized carbons (Fsp3) is 0.0714. The molecule has 0 aromatic heterocycles. The highest BCUT2D eigenvalue weighted by Crippen LogP contribution is 2.29. The van der Waals surface area contributed by atoms with E-state index in [-0.39, 0.29) is 11.3 Å². The van der Waals surface area contributed by atoms with Gasteiger partial charge in [-0.1, -0.05) is 28.1 Å². The fourth-order valence-electron chi connectivity index (χ4n) is 1.71. The van der Waals surface area contributed by atoms with Crippen LogP contribution < -0.4 is 5.32 Å². The van der Waals surface area contributed by atoms with E-state index in [1.165, 1.54) is 18.2 Å². The number of hydrogen-bond donors (Lipinski definition) is 2. The molecule has 2 aromatic rings. The van der Waals surface area contributed by atoms with Gasteiger partial charge in [-0.05, 0) is 36.8 Å². The largest absolute Gasteiger partial charge is 0.478 e. The Balaban J connectivity index is 2.49. The number of anilines is 2. The van der Waals surface area contributed by atoms with E-state index in [1.807, 2.05) is 13.0 Å². The SMILES string of the molecule is Cc1c(Br)cccc1Nc1c(F)cccc1C(=O)O. The summed E-state index contributed by atoms with van der Waals surface area (Å²) in [7, 11) is 0. The second kappa shape index (κ2) is 5.40. The summed E-state index contributed by atoms with van der Waals surface area (Å²) < 4.78 is 14.7. The molecule has 2 aromatic carbocycles. The third-order valence-corrected chi connectivity index (χ3v) is 3.63. The van der Waals surface area contributed by atoms with Gasteiger partial charge in [-0.25, -0.2) is 9.18 Å². The monoisotopic (exact) mass is 323 g/mol.